The highest BCUT2D eigenvalue weighted by molar-refractivity contribution is 5.94. The number of halogens is 1. The van der Waals surface area contributed by atoms with E-state index in [0.717, 1.165) is 19.2 Å². The second-order valence-corrected chi connectivity index (χ2v) is 5.30. The van der Waals surface area contributed by atoms with Crippen LogP contribution in [0.1, 0.15) is 16.8 Å². The molecule has 1 aliphatic heterocycles. The second-order valence-electron chi connectivity index (χ2n) is 5.30. The van der Waals surface area contributed by atoms with Crippen LogP contribution in [-0.4, -0.2) is 43.4 Å². The van der Waals surface area contributed by atoms with Gasteiger partial charge in [-0.25, -0.2) is 4.39 Å². The lowest BCUT2D eigenvalue weighted by molar-refractivity contribution is -0.0809. The molecular weight excluding hydrogens is 263 g/mol. The molecule has 1 aromatic heterocycles. The van der Waals surface area contributed by atoms with Crippen molar-refractivity contribution >= 4 is 5.91 Å². The van der Waals surface area contributed by atoms with Crippen molar-refractivity contribution in [1.29, 1.82) is 0 Å². The Hall–Kier alpha value is -1.53. The molecule has 1 amide bonds. The van der Waals surface area contributed by atoms with E-state index in [2.05, 4.69) is 10.3 Å². The summed E-state index contributed by atoms with van der Waals surface area (Å²) in [4.78, 5) is 15.8. The first kappa shape index (κ1) is 13.5. The molecule has 1 saturated heterocycles. The molecular formula is C14H17FN2O3. The van der Waals surface area contributed by atoms with Gasteiger partial charge in [0, 0.05) is 37.8 Å². The number of nitrogens with one attached hydrogen (secondary N) is 1. The minimum Gasteiger partial charge on any atom is -0.384 e. The zero-order valence-electron chi connectivity index (χ0n) is 11.2. The van der Waals surface area contributed by atoms with Gasteiger partial charge in [0.1, 0.15) is 5.82 Å². The Labute approximate surface area is 116 Å². The zero-order valence-corrected chi connectivity index (χ0v) is 11.2. The highest BCUT2D eigenvalue weighted by atomic mass is 19.1. The molecule has 0 bridgehead atoms. The molecule has 6 heteroatoms. The van der Waals surface area contributed by atoms with Crippen molar-refractivity contribution in [3.8, 4) is 0 Å². The van der Waals surface area contributed by atoms with Gasteiger partial charge in [0.15, 0.2) is 0 Å². The number of fused-ring (bicyclic) bond motifs is 1. The Kier molecular flexibility index (Phi) is 3.67. The number of aromatic nitrogens is 1. The number of rotatable bonds is 4. The molecule has 0 unspecified atom stereocenters. The molecule has 0 radical (unpaired) electrons. The number of ether oxygens (including phenoxy) is 2. The van der Waals surface area contributed by atoms with Gasteiger partial charge in [0.05, 0.1) is 24.5 Å². The standard InChI is InChI=1S/C14H17FN2O3/c1-19-7-11-12(10-2-3-20-13(10)11)17-14(18)8-4-9(15)6-16-5-8/h4-6,10-13H,2-3,7H2,1H3,(H,17,18)/t10-,11+,12+,13-/m1/s1. The second kappa shape index (κ2) is 5.46. The molecule has 0 spiro atoms. The number of methoxy groups -OCH3 is 1. The number of hydrogen-bond donors (Lipinski definition) is 1. The molecule has 1 aliphatic carbocycles. The van der Waals surface area contributed by atoms with Gasteiger partial charge in [-0.05, 0) is 12.5 Å². The minimum absolute atomic E-state index is 0.0261. The quantitative estimate of drug-likeness (QED) is 0.894. The zero-order chi connectivity index (χ0) is 14.1. The van der Waals surface area contributed by atoms with Crippen molar-refractivity contribution in [2.75, 3.05) is 20.3 Å². The van der Waals surface area contributed by atoms with Crippen LogP contribution in [0.25, 0.3) is 0 Å². The fourth-order valence-corrected chi connectivity index (χ4v) is 3.21. The molecule has 4 atom stereocenters. The van der Waals surface area contributed by atoms with E-state index in [1.165, 1.54) is 12.3 Å². The molecule has 5 nitrogen and oxygen atoms in total. The summed E-state index contributed by atoms with van der Waals surface area (Å²) in [6.07, 6.45) is 3.56. The molecule has 20 heavy (non-hydrogen) atoms. The average Bonchev–Trinajstić information content (AvgIpc) is 2.86. The van der Waals surface area contributed by atoms with Crippen LogP contribution in [0.15, 0.2) is 18.5 Å². The summed E-state index contributed by atoms with van der Waals surface area (Å²) in [5.74, 6) is -0.311. The van der Waals surface area contributed by atoms with Crippen LogP contribution in [0.2, 0.25) is 0 Å². The predicted octanol–water partition coefficient (Wildman–Crippen LogP) is 1.00. The molecule has 0 aromatic carbocycles. The minimum atomic E-state index is -0.512. The summed E-state index contributed by atoms with van der Waals surface area (Å²) in [7, 11) is 1.64. The van der Waals surface area contributed by atoms with Crippen LogP contribution in [0.4, 0.5) is 4.39 Å². The molecule has 2 fully saturated rings. The smallest absolute Gasteiger partial charge is 0.253 e. The maximum absolute atomic E-state index is 13.1. The van der Waals surface area contributed by atoms with Crippen molar-refractivity contribution in [2.24, 2.45) is 11.8 Å². The van der Waals surface area contributed by atoms with Crippen LogP contribution in [-0.2, 0) is 9.47 Å². The average molecular weight is 280 g/mol. The van der Waals surface area contributed by atoms with Gasteiger partial charge in [0.2, 0.25) is 0 Å². The number of carbonyl (C=O) groups excluding carboxylic acids is 1. The lowest BCUT2D eigenvalue weighted by Gasteiger charge is -2.47. The first-order valence-corrected chi connectivity index (χ1v) is 6.72. The van der Waals surface area contributed by atoms with Gasteiger partial charge < -0.3 is 14.8 Å². The number of pyridine rings is 1. The van der Waals surface area contributed by atoms with Gasteiger partial charge in [-0.15, -0.1) is 0 Å². The van der Waals surface area contributed by atoms with Gasteiger partial charge in [-0.1, -0.05) is 0 Å². The Balaban J connectivity index is 1.68. The van der Waals surface area contributed by atoms with E-state index in [1.807, 2.05) is 0 Å². The monoisotopic (exact) mass is 280 g/mol. The van der Waals surface area contributed by atoms with Crippen molar-refractivity contribution < 1.29 is 18.7 Å². The number of nitrogens with zero attached hydrogens (tertiary/aromatic N) is 1. The van der Waals surface area contributed by atoms with Crippen LogP contribution >= 0.6 is 0 Å². The highest BCUT2D eigenvalue weighted by Crippen LogP contribution is 2.43. The summed E-state index contributed by atoms with van der Waals surface area (Å²) in [6.45, 7) is 1.27. The van der Waals surface area contributed by atoms with Crippen molar-refractivity contribution in [2.45, 2.75) is 18.6 Å². The maximum Gasteiger partial charge on any atom is 0.253 e. The Bertz CT molecular complexity index is 511. The molecule has 2 heterocycles. The van der Waals surface area contributed by atoms with E-state index in [4.69, 9.17) is 9.47 Å². The Morgan fingerprint density at radius 1 is 1.60 bits per heavy atom. The highest BCUT2D eigenvalue weighted by Gasteiger charge is 2.54. The van der Waals surface area contributed by atoms with E-state index in [9.17, 15) is 9.18 Å². The van der Waals surface area contributed by atoms with E-state index >= 15 is 0 Å². The van der Waals surface area contributed by atoms with Crippen molar-refractivity contribution in [3.63, 3.8) is 0 Å². The number of hydrogen-bond acceptors (Lipinski definition) is 4. The first-order chi connectivity index (χ1) is 9.70. The van der Waals surface area contributed by atoms with Gasteiger partial charge in [0.25, 0.3) is 5.91 Å². The summed E-state index contributed by atoms with van der Waals surface area (Å²) < 4.78 is 23.9. The lowest BCUT2D eigenvalue weighted by atomic mass is 9.67. The Morgan fingerprint density at radius 3 is 3.20 bits per heavy atom. The topological polar surface area (TPSA) is 60.5 Å². The normalized spacial score (nSPS) is 31.5. The largest absolute Gasteiger partial charge is 0.384 e. The fourth-order valence-electron chi connectivity index (χ4n) is 3.21. The molecule has 3 rings (SSSR count). The van der Waals surface area contributed by atoms with Gasteiger partial charge in [-0.2, -0.15) is 0 Å². The lowest BCUT2D eigenvalue weighted by Crippen LogP contribution is -2.62. The molecule has 1 aromatic rings. The first-order valence-electron chi connectivity index (χ1n) is 6.72. The van der Waals surface area contributed by atoms with Crippen LogP contribution in [0, 0.1) is 17.7 Å². The third-order valence-corrected chi connectivity index (χ3v) is 4.15. The fraction of sp³-hybridized carbons (Fsp3) is 0.571. The third-order valence-electron chi connectivity index (χ3n) is 4.15. The Morgan fingerprint density at radius 2 is 2.45 bits per heavy atom. The van der Waals surface area contributed by atoms with Crippen LogP contribution in [0.5, 0.6) is 0 Å². The molecule has 1 saturated carbocycles. The van der Waals surface area contributed by atoms with Crippen LogP contribution in [0.3, 0.4) is 0 Å². The van der Waals surface area contributed by atoms with Gasteiger partial charge >= 0.3 is 0 Å². The van der Waals surface area contributed by atoms with E-state index in [0.29, 0.717) is 12.5 Å². The summed E-state index contributed by atoms with van der Waals surface area (Å²) >= 11 is 0. The maximum atomic E-state index is 13.1. The predicted molar refractivity (Wildman–Crippen MR) is 68.7 cm³/mol. The SMILES string of the molecule is COC[C@H]1[C@@H](NC(=O)c2cncc(F)c2)[C@H]2CCO[C@H]21. The van der Waals surface area contributed by atoms with E-state index in [-0.39, 0.29) is 29.5 Å². The molecule has 108 valence electrons. The van der Waals surface area contributed by atoms with Crippen molar-refractivity contribution in [1.82, 2.24) is 10.3 Å². The van der Waals surface area contributed by atoms with E-state index < -0.39 is 5.82 Å². The summed E-state index contributed by atoms with van der Waals surface area (Å²) in [5, 5.41) is 2.96. The molecule has 1 N–H and O–H groups in total. The molecule has 2 aliphatic rings. The summed E-state index contributed by atoms with van der Waals surface area (Å²) in [5.41, 5.74) is 0.239. The third kappa shape index (κ3) is 2.29. The number of carbonyl (C=O) groups is 1. The summed E-state index contributed by atoms with van der Waals surface area (Å²) in [6, 6.07) is 1.22. The number of amides is 1. The van der Waals surface area contributed by atoms with Crippen molar-refractivity contribution in [3.05, 3.63) is 29.8 Å². The van der Waals surface area contributed by atoms with Crippen LogP contribution < -0.4 is 5.32 Å². The van der Waals surface area contributed by atoms with E-state index in [1.54, 1.807) is 7.11 Å². The van der Waals surface area contributed by atoms with Gasteiger partial charge in [-0.3, -0.25) is 9.78 Å².